The van der Waals surface area contributed by atoms with Crippen LogP contribution in [0.25, 0.3) is 0 Å². The Morgan fingerprint density at radius 2 is 2.00 bits per heavy atom. The third-order valence-electron chi connectivity index (χ3n) is 4.20. The highest BCUT2D eigenvalue weighted by molar-refractivity contribution is 7.99. The van der Waals surface area contributed by atoms with E-state index in [1.807, 2.05) is 17.8 Å². The van der Waals surface area contributed by atoms with E-state index < -0.39 is 0 Å². The SMILES string of the molecule is CC1(C)CCSCC1Nc1ccc2c(c1)C(=O)NC2=O. The molecular weight excluding hydrogens is 272 g/mol. The topological polar surface area (TPSA) is 58.2 Å². The van der Waals surface area contributed by atoms with Gasteiger partial charge in [-0.25, -0.2) is 0 Å². The van der Waals surface area contributed by atoms with Gasteiger partial charge in [0.1, 0.15) is 0 Å². The molecule has 2 heterocycles. The molecule has 2 aliphatic rings. The van der Waals surface area contributed by atoms with Gasteiger partial charge in [0.2, 0.25) is 0 Å². The molecule has 5 heteroatoms. The van der Waals surface area contributed by atoms with Crippen molar-refractivity contribution in [2.24, 2.45) is 5.41 Å². The molecule has 1 aromatic rings. The highest BCUT2D eigenvalue weighted by Crippen LogP contribution is 2.36. The molecule has 0 radical (unpaired) electrons. The van der Waals surface area contributed by atoms with Crippen molar-refractivity contribution >= 4 is 29.3 Å². The largest absolute Gasteiger partial charge is 0.381 e. The van der Waals surface area contributed by atoms with Gasteiger partial charge in [-0.15, -0.1) is 0 Å². The number of rotatable bonds is 2. The van der Waals surface area contributed by atoms with Crippen molar-refractivity contribution in [3.63, 3.8) is 0 Å². The van der Waals surface area contributed by atoms with Crippen molar-refractivity contribution in [3.8, 4) is 0 Å². The number of thioether (sulfide) groups is 1. The van der Waals surface area contributed by atoms with E-state index in [2.05, 4.69) is 24.5 Å². The van der Waals surface area contributed by atoms with E-state index >= 15 is 0 Å². The number of amides is 2. The summed E-state index contributed by atoms with van der Waals surface area (Å²) in [5, 5.41) is 5.84. The van der Waals surface area contributed by atoms with Crippen LogP contribution in [0, 0.1) is 5.41 Å². The smallest absolute Gasteiger partial charge is 0.259 e. The van der Waals surface area contributed by atoms with Crippen molar-refractivity contribution in [1.29, 1.82) is 0 Å². The van der Waals surface area contributed by atoms with E-state index in [9.17, 15) is 9.59 Å². The predicted molar refractivity (Wildman–Crippen MR) is 81.4 cm³/mol. The van der Waals surface area contributed by atoms with Crippen molar-refractivity contribution in [2.75, 3.05) is 16.8 Å². The average molecular weight is 290 g/mol. The third kappa shape index (κ3) is 2.30. The van der Waals surface area contributed by atoms with E-state index in [0.29, 0.717) is 17.2 Å². The Hall–Kier alpha value is -1.49. The number of fused-ring (bicyclic) bond motifs is 1. The molecule has 3 rings (SSSR count). The van der Waals surface area contributed by atoms with Crippen LogP contribution in [0.3, 0.4) is 0 Å². The van der Waals surface area contributed by atoms with Crippen LogP contribution in [-0.4, -0.2) is 29.4 Å². The van der Waals surface area contributed by atoms with Crippen LogP contribution in [0.1, 0.15) is 41.0 Å². The second-order valence-electron chi connectivity index (χ2n) is 6.05. The molecule has 2 amide bonds. The maximum Gasteiger partial charge on any atom is 0.259 e. The van der Waals surface area contributed by atoms with Gasteiger partial charge in [-0.05, 0) is 35.8 Å². The summed E-state index contributed by atoms with van der Waals surface area (Å²) >= 11 is 1.96. The zero-order valence-corrected chi connectivity index (χ0v) is 12.5. The van der Waals surface area contributed by atoms with Crippen molar-refractivity contribution in [3.05, 3.63) is 29.3 Å². The summed E-state index contributed by atoms with van der Waals surface area (Å²) in [6.07, 6.45) is 1.18. The Balaban J connectivity index is 1.84. The van der Waals surface area contributed by atoms with Gasteiger partial charge in [-0.1, -0.05) is 13.8 Å². The Labute approximate surface area is 122 Å². The number of imide groups is 1. The molecule has 0 aromatic heterocycles. The minimum atomic E-state index is -0.301. The number of anilines is 1. The molecule has 1 atom stereocenters. The van der Waals surface area contributed by atoms with Crippen LogP contribution in [0.4, 0.5) is 5.69 Å². The van der Waals surface area contributed by atoms with E-state index in [4.69, 9.17) is 0 Å². The molecule has 2 aliphatic heterocycles. The minimum Gasteiger partial charge on any atom is -0.381 e. The Kier molecular flexibility index (Phi) is 3.24. The first-order valence-electron chi connectivity index (χ1n) is 6.81. The molecule has 1 unspecified atom stereocenters. The monoisotopic (exact) mass is 290 g/mol. The lowest BCUT2D eigenvalue weighted by Crippen LogP contribution is -2.41. The van der Waals surface area contributed by atoms with Crippen LogP contribution in [0.5, 0.6) is 0 Å². The molecule has 0 spiro atoms. The van der Waals surface area contributed by atoms with Gasteiger partial charge in [0.15, 0.2) is 0 Å². The number of hydrogen-bond donors (Lipinski definition) is 2. The molecule has 0 aliphatic carbocycles. The van der Waals surface area contributed by atoms with Gasteiger partial charge >= 0.3 is 0 Å². The fourth-order valence-corrected chi connectivity index (χ4v) is 4.24. The van der Waals surface area contributed by atoms with E-state index in [0.717, 1.165) is 11.4 Å². The molecule has 4 nitrogen and oxygen atoms in total. The van der Waals surface area contributed by atoms with Gasteiger partial charge in [0, 0.05) is 17.5 Å². The maximum atomic E-state index is 11.7. The molecule has 106 valence electrons. The fraction of sp³-hybridized carbons (Fsp3) is 0.467. The summed E-state index contributed by atoms with van der Waals surface area (Å²) in [6, 6.07) is 5.76. The lowest BCUT2D eigenvalue weighted by Gasteiger charge is -2.39. The standard InChI is InChI=1S/C15H18N2O2S/c1-15(2)5-6-20-8-12(15)16-9-3-4-10-11(7-9)14(19)17-13(10)18/h3-4,7,12,16H,5-6,8H2,1-2H3,(H,17,18,19). The molecule has 20 heavy (non-hydrogen) atoms. The predicted octanol–water partition coefficient (Wildman–Crippen LogP) is 2.51. The molecule has 2 N–H and O–H groups in total. The molecular formula is C15H18N2O2S. The van der Waals surface area contributed by atoms with Gasteiger partial charge in [-0.2, -0.15) is 11.8 Å². The number of carbonyl (C=O) groups is 2. The molecule has 1 aromatic carbocycles. The zero-order chi connectivity index (χ0) is 14.3. The first-order chi connectivity index (χ1) is 9.47. The zero-order valence-electron chi connectivity index (χ0n) is 11.7. The second-order valence-corrected chi connectivity index (χ2v) is 7.20. The third-order valence-corrected chi connectivity index (χ3v) is 5.26. The lowest BCUT2D eigenvalue weighted by atomic mass is 9.82. The van der Waals surface area contributed by atoms with Crippen molar-refractivity contribution in [1.82, 2.24) is 5.32 Å². The van der Waals surface area contributed by atoms with Crippen molar-refractivity contribution < 1.29 is 9.59 Å². The number of carbonyl (C=O) groups excluding carboxylic acids is 2. The van der Waals surface area contributed by atoms with E-state index in [1.54, 1.807) is 12.1 Å². The summed E-state index contributed by atoms with van der Waals surface area (Å²) in [6.45, 7) is 4.54. The lowest BCUT2D eigenvalue weighted by molar-refractivity contribution is 0.0879. The summed E-state index contributed by atoms with van der Waals surface area (Å²) in [4.78, 5) is 23.2. The average Bonchev–Trinajstić information content (AvgIpc) is 2.67. The molecule has 1 saturated heterocycles. The Morgan fingerprint density at radius 3 is 2.75 bits per heavy atom. The molecule has 0 saturated carbocycles. The molecule has 1 fully saturated rings. The van der Waals surface area contributed by atoms with Gasteiger partial charge in [0.05, 0.1) is 11.1 Å². The summed E-state index contributed by atoms with van der Waals surface area (Å²) < 4.78 is 0. The maximum absolute atomic E-state index is 11.7. The van der Waals surface area contributed by atoms with Crippen LogP contribution in [-0.2, 0) is 0 Å². The first kappa shape index (κ1) is 13.5. The Morgan fingerprint density at radius 1 is 1.25 bits per heavy atom. The quantitative estimate of drug-likeness (QED) is 0.822. The summed E-state index contributed by atoms with van der Waals surface area (Å²) in [5.74, 6) is 1.66. The first-order valence-corrected chi connectivity index (χ1v) is 7.97. The van der Waals surface area contributed by atoms with Gasteiger partial charge in [0.25, 0.3) is 11.8 Å². The minimum absolute atomic E-state index is 0.238. The summed E-state index contributed by atoms with van der Waals surface area (Å²) in [5.41, 5.74) is 2.09. The number of hydrogen-bond acceptors (Lipinski definition) is 4. The van der Waals surface area contributed by atoms with Crippen LogP contribution < -0.4 is 10.6 Å². The fourth-order valence-electron chi connectivity index (χ4n) is 2.63. The molecule has 0 bridgehead atoms. The number of benzene rings is 1. The second kappa shape index (κ2) is 4.81. The van der Waals surface area contributed by atoms with Gasteiger partial charge < -0.3 is 5.32 Å². The summed E-state index contributed by atoms with van der Waals surface area (Å²) in [7, 11) is 0. The highest BCUT2D eigenvalue weighted by atomic mass is 32.2. The normalized spacial score (nSPS) is 24.2. The van der Waals surface area contributed by atoms with Crippen LogP contribution in [0.2, 0.25) is 0 Å². The number of nitrogens with one attached hydrogen (secondary N) is 2. The van der Waals surface area contributed by atoms with Crippen LogP contribution in [0.15, 0.2) is 18.2 Å². The highest BCUT2D eigenvalue weighted by Gasteiger charge is 2.33. The van der Waals surface area contributed by atoms with E-state index in [1.165, 1.54) is 12.2 Å². The van der Waals surface area contributed by atoms with Crippen molar-refractivity contribution in [2.45, 2.75) is 26.3 Å². The van der Waals surface area contributed by atoms with Gasteiger partial charge in [-0.3, -0.25) is 14.9 Å². The van der Waals surface area contributed by atoms with Crippen LogP contribution >= 0.6 is 11.8 Å². The van der Waals surface area contributed by atoms with E-state index in [-0.39, 0.29) is 17.2 Å². The Bertz CT molecular complexity index is 583.